The highest BCUT2D eigenvalue weighted by molar-refractivity contribution is 5.96. The lowest BCUT2D eigenvalue weighted by Gasteiger charge is -2.26. The molecule has 1 saturated heterocycles. The van der Waals surface area contributed by atoms with Gasteiger partial charge in [0.15, 0.2) is 5.82 Å². The van der Waals surface area contributed by atoms with Gasteiger partial charge in [0.05, 0.1) is 6.20 Å². The largest absolute Gasteiger partial charge is 0.349 e. The molecule has 5 rings (SSSR count). The Kier molecular flexibility index (Phi) is 6.32. The number of aryl methyl sites for hydroxylation is 1. The summed E-state index contributed by atoms with van der Waals surface area (Å²) in [5.74, 6) is 1.32. The minimum absolute atomic E-state index is 0.0211. The van der Waals surface area contributed by atoms with Gasteiger partial charge in [0.1, 0.15) is 17.4 Å². The lowest BCUT2D eigenvalue weighted by Crippen LogP contribution is -2.36. The fraction of sp³-hybridized carbons (Fsp3) is 0.480. The summed E-state index contributed by atoms with van der Waals surface area (Å²) in [6.45, 7) is 3.96. The van der Waals surface area contributed by atoms with Gasteiger partial charge in [-0.15, -0.1) is 0 Å². The van der Waals surface area contributed by atoms with Crippen LogP contribution in [0, 0.1) is 6.92 Å². The quantitative estimate of drug-likeness (QED) is 0.596. The first-order chi connectivity index (χ1) is 16.2. The third-order valence-corrected chi connectivity index (χ3v) is 6.70. The van der Waals surface area contributed by atoms with Crippen LogP contribution in [0.1, 0.15) is 67.3 Å². The number of fused-ring (bicyclic) bond motifs is 1. The Bertz CT molecular complexity index is 1140. The van der Waals surface area contributed by atoms with E-state index in [1.54, 1.807) is 6.20 Å². The molecule has 0 bridgehead atoms. The second-order valence-corrected chi connectivity index (χ2v) is 9.14. The standard InChI is InChI=1S/C25H31N7O/c1-17-10-11-18(24(33)29-19-8-4-2-5-9-19)14-20(17)30-23-22-21(27-16-28-23)15-26-25(31-22)32-12-6-3-7-13-32/h10-11,14-16,19H,2-9,12-13H2,1H3,(H,29,33)(H,27,28,30). The van der Waals surface area contributed by atoms with Crippen molar-refractivity contribution in [2.24, 2.45) is 0 Å². The number of carbonyl (C=O) groups excluding carboxylic acids is 1. The average Bonchev–Trinajstić information content (AvgIpc) is 2.86. The van der Waals surface area contributed by atoms with Crippen LogP contribution in [0.3, 0.4) is 0 Å². The van der Waals surface area contributed by atoms with Crippen LogP contribution in [0.15, 0.2) is 30.7 Å². The van der Waals surface area contributed by atoms with Crippen LogP contribution in [-0.2, 0) is 0 Å². The maximum atomic E-state index is 12.9. The van der Waals surface area contributed by atoms with Crippen LogP contribution >= 0.6 is 0 Å². The average molecular weight is 446 g/mol. The number of hydrogen-bond acceptors (Lipinski definition) is 7. The van der Waals surface area contributed by atoms with E-state index in [1.165, 1.54) is 32.0 Å². The number of carbonyl (C=O) groups is 1. The lowest BCUT2D eigenvalue weighted by atomic mass is 9.95. The van der Waals surface area contributed by atoms with Crippen molar-refractivity contribution >= 4 is 34.4 Å². The summed E-state index contributed by atoms with van der Waals surface area (Å²) >= 11 is 0. The Balaban J connectivity index is 1.40. The smallest absolute Gasteiger partial charge is 0.251 e. The van der Waals surface area contributed by atoms with Crippen molar-refractivity contribution in [2.45, 2.75) is 64.3 Å². The summed E-state index contributed by atoms with van der Waals surface area (Å²) in [6.07, 6.45) is 12.6. The summed E-state index contributed by atoms with van der Waals surface area (Å²) in [7, 11) is 0. The van der Waals surface area contributed by atoms with Gasteiger partial charge in [-0.05, 0) is 56.7 Å². The van der Waals surface area contributed by atoms with Crippen molar-refractivity contribution in [2.75, 3.05) is 23.3 Å². The number of piperidine rings is 1. The van der Waals surface area contributed by atoms with E-state index in [9.17, 15) is 4.79 Å². The molecule has 0 spiro atoms. The van der Waals surface area contributed by atoms with E-state index in [1.807, 2.05) is 25.1 Å². The number of amides is 1. The van der Waals surface area contributed by atoms with Crippen LogP contribution in [0.25, 0.3) is 11.0 Å². The molecule has 1 amide bonds. The van der Waals surface area contributed by atoms with Crippen LogP contribution in [0.4, 0.5) is 17.5 Å². The maximum Gasteiger partial charge on any atom is 0.251 e. The van der Waals surface area contributed by atoms with E-state index in [0.717, 1.165) is 56.0 Å². The van der Waals surface area contributed by atoms with E-state index in [0.29, 0.717) is 22.4 Å². The monoisotopic (exact) mass is 445 g/mol. The molecule has 8 heteroatoms. The Morgan fingerprint density at radius 3 is 2.61 bits per heavy atom. The summed E-state index contributed by atoms with van der Waals surface area (Å²) in [6, 6.07) is 6.02. The first-order valence-electron chi connectivity index (χ1n) is 12.1. The highest BCUT2D eigenvalue weighted by Gasteiger charge is 2.19. The molecule has 2 fully saturated rings. The number of nitrogens with one attached hydrogen (secondary N) is 2. The van der Waals surface area contributed by atoms with Crippen molar-refractivity contribution < 1.29 is 4.79 Å². The minimum atomic E-state index is -0.0211. The number of aromatic nitrogens is 4. The molecule has 0 radical (unpaired) electrons. The molecular weight excluding hydrogens is 414 g/mol. The number of hydrogen-bond donors (Lipinski definition) is 2. The van der Waals surface area contributed by atoms with Crippen molar-refractivity contribution in [1.82, 2.24) is 25.3 Å². The van der Waals surface area contributed by atoms with Gasteiger partial charge in [-0.1, -0.05) is 25.3 Å². The molecule has 1 aliphatic heterocycles. The Hall–Kier alpha value is -3.29. The van der Waals surface area contributed by atoms with Gasteiger partial charge in [0.25, 0.3) is 5.91 Å². The van der Waals surface area contributed by atoms with Gasteiger partial charge in [-0.2, -0.15) is 0 Å². The molecule has 0 unspecified atom stereocenters. The van der Waals surface area contributed by atoms with E-state index >= 15 is 0 Å². The van der Waals surface area contributed by atoms with E-state index in [4.69, 9.17) is 4.98 Å². The Morgan fingerprint density at radius 1 is 1.00 bits per heavy atom. The summed E-state index contributed by atoms with van der Waals surface area (Å²) in [5.41, 5.74) is 3.89. The molecule has 172 valence electrons. The molecule has 1 saturated carbocycles. The molecule has 1 aliphatic carbocycles. The maximum absolute atomic E-state index is 12.9. The van der Waals surface area contributed by atoms with Crippen LogP contribution in [-0.4, -0.2) is 45.0 Å². The summed E-state index contributed by atoms with van der Waals surface area (Å²) in [4.78, 5) is 33.2. The Morgan fingerprint density at radius 2 is 1.79 bits per heavy atom. The molecule has 3 aromatic rings. The number of rotatable bonds is 5. The topological polar surface area (TPSA) is 95.9 Å². The number of nitrogens with zero attached hydrogens (tertiary/aromatic N) is 5. The second-order valence-electron chi connectivity index (χ2n) is 9.14. The molecule has 3 heterocycles. The van der Waals surface area contributed by atoms with Gasteiger partial charge < -0.3 is 15.5 Å². The van der Waals surface area contributed by atoms with Crippen molar-refractivity contribution in [3.8, 4) is 0 Å². The van der Waals surface area contributed by atoms with Crippen molar-refractivity contribution in [3.05, 3.63) is 41.9 Å². The first-order valence-corrected chi connectivity index (χ1v) is 12.1. The fourth-order valence-electron chi connectivity index (χ4n) is 4.72. The number of anilines is 3. The van der Waals surface area contributed by atoms with Crippen LogP contribution in [0.2, 0.25) is 0 Å². The zero-order valence-electron chi connectivity index (χ0n) is 19.2. The normalized spacial score (nSPS) is 17.2. The van der Waals surface area contributed by atoms with Crippen molar-refractivity contribution in [3.63, 3.8) is 0 Å². The van der Waals surface area contributed by atoms with E-state index in [-0.39, 0.29) is 11.9 Å². The predicted molar refractivity (Wildman–Crippen MR) is 130 cm³/mol. The van der Waals surface area contributed by atoms with Crippen LogP contribution in [0.5, 0.6) is 0 Å². The molecule has 2 N–H and O–H groups in total. The van der Waals surface area contributed by atoms with Gasteiger partial charge >= 0.3 is 0 Å². The highest BCUT2D eigenvalue weighted by Crippen LogP contribution is 2.27. The lowest BCUT2D eigenvalue weighted by molar-refractivity contribution is 0.0927. The number of benzene rings is 1. The third kappa shape index (κ3) is 4.89. The molecule has 33 heavy (non-hydrogen) atoms. The zero-order valence-corrected chi connectivity index (χ0v) is 19.2. The van der Waals surface area contributed by atoms with Crippen LogP contribution < -0.4 is 15.5 Å². The molecular formula is C25H31N7O. The van der Waals surface area contributed by atoms with Gasteiger partial charge in [0.2, 0.25) is 5.95 Å². The second kappa shape index (κ2) is 9.68. The minimum Gasteiger partial charge on any atom is -0.349 e. The predicted octanol–water partition coefficient (Wildman–Crippen LogP) is 4.52. The molecule has 2 aromatic heterocycles. The highest BCUT2D eigenvalue weighted by atomic mass is 16.1. The first kappa shape index (κ1) is 21.6. The summed E-state index contributed by atoms with van der Waals surface area (Å²) < 4.78 is 0. The molecule has 1 aromatic carbocycles. The van der Waals surface area contributed by atoms with Gasteiger partial charge in [-0.3, -0.25) is 4.79 Å². The SMILES string of the molecule is Cc1ccc(C(=O)NC2CCCCC2)cc1Nc1ncnc2cnc(N3CCCCC3)nc12. The van der Waals surface area contributed by atoms with Gasteiger partial charge in [0, 0.05) is 30.4 Å². The molecule has 8 nitrogen and oxygen atoms in total. The van der Waals surface area contributed by atoms with E-state index < -0.39 is 0 Å². The third-order valence-electron chi connectivity index (χ3n) is 6.70. The summed E-state index contributed by atoms with van der Waals surface area (Å²) in [5, 5.41) is 6.61. The molecule has 0 atom stereocenters. The van der Waals surface area contributed by atoms with Gasteiger partial charge in [-0.25, -0.2) is 19.9 Å². The Labute approximate surface area is 194 Å². The zero-order chi connectivity index (χ0) is 22.6. The van der Waals surface area contributed by atoms with Crippen molar-refractivity contribution in [1.29, 1.82) is 0 Å². The fourth-order valence-corrected chi connectivity index (χ4v) is 4.72. The van der Waals surface area contributed by atoms with E-state index in [2.05, 4.69) is 30.5 Å². The molecule has 2 aliphatic rings.